The number of rotatable bonds is 5. The van der Waals surface area contributed by atoms with E-state index in [2.05, 4.69) is 38.1 Å². The summed E-state index contributed by atoms with van der Waals surface area (Å²) in [5.74, 6) is 0.944. The van der Waals surface area contributed by atoms with E-state index in [1.54, 1.807) is 7.11 Å². The lowest BCUT2D eigenvalue weighted by Crippen LogP contribution is -2.12. The second-order valence-corrected chi connectivity index (χ2v) is 5.30. The number of hydrogen-bond donors (Lipinski definition) is 1. The van der Waals surface area contributed by atoms with Gasteiger partial charge in [-0.2, -0.15) is 0 Å². The summed E-state index contributed by atoms with van der Waals surface area (Å²) in [5.41, 5.74) is 11.4. The van der Waals surface area contributed by atoms with E-state index in [4.69, 9.17) is 10.5 Å². The van der Waals surface area contributed by atoms with Crippen LogP contribution in [-0.4, -0.2) is 7.11 Å². The molecule has 2 rings (SSSR count). The van der Waals surface area contributed by atoms with Crippen molar-refractivity contribution >= 4 is 0 Å². The SMILES string of the molecule is COc1ccccc1CCC(N)c1ccc(C)c(C)c1. The quantitative estimate of drug-likeness (QED) is 0.892. The highest BCUT2D eigenvalue weighted by Gasteiger charge is 2.09. The highest BCUT2D eigenvalue weighted by Crippen LogP contribution is 2.23. The Morgan fingerprint density at radius 3 is 2.50 bits per heavy atom. The maximum absolute atomic E-state index is 6.31. The van der Waals surface area contributed by atoms with Crippen LogP contribution in [0, 0.1) is 13.8 Å². The molecule has 0 radical (unpaired) electrons. The standard InChI is InChI=1S/C18H23NO/c1-13-8-9-16(12-14(13)2)17(19)11-10-15-6-4-5-7-18(15)20-3/h4-9,12,17H,10-11,19H2,1-3H3. The van der Waals surface area contributed by atoms with Crippen molar-refractivity contribution in [1.82, 2.24) is 0 Å². The molecule has 2 nitrogen and oxygen atoms in total. The number of methoxy groups -OCH3 is 1. The van der Waals surface area contributed by atoms with Gasteiger partial charge >= 0.3 is 0 Å². The van der Waals surface area contributed by atoms with E-state index < -0.39 is 0 Å². The van der Waals surface area contributed by atoms with Crippen molar-refractivity contribution in [2.75, 3.05) is 7.11 Å². The van der Waals surface area contributed by atoms with Gasteiger partial charge in [-0.15, -0.1) is 0 Å². The Hall–Kier alpha value is -1.80. The molecule has 0 amide bonds. The smallest absolute Gasteiger partial charge is 0.122 e. The minimum absolute atomic E-state index is 0.0687. The van der Waals surface area contributed by atoms with Crippen LogP contribution in [-0.2, 0) is 6.42 Å². The summed E-state index contributed by atoms with van der Waals surface area (Å²) >= 11 is 0. The van der Waals surface area contributed by atoms with E-state index in [-0.39, 0.29) is 6.04 Å². The number of ether oxygens (including phenoxy) is 1. The predicted molar refractivity (Wildman–Crippen MR) is 84.2 cm³/mol. The van der Waals surface area contributed by atoms with Crippen LogP contribution in [0.5, 0.6) is 5.75 Å². The molecule has 0 aromatic heterocycles. The number of benzene rings is 2. The van der Waals surface area contributed by atoms with Gasteiger partial charge in [0.2, 0.25) is 0 Å². The second kappa shape index (κ2) is 6.58. The van der Waals surface area contributed by atoms with Gasteiger partial charge in [0.25, 0.3) is 0 Å². The zero-order valence-corrected chi connectivity index (χ0v) is 12.5. The molecular formula is C18H23NO. The molecule has 1 atom stereocenters. The average molecular weight is 269 g/mol. The zero-order chi connectivity index (χ0) is 14.5. The van der Waals surface area contributed by atoms with Gasteiger partial charge in [0.1, 0.15) is 5.75 Å². The van der Waals surface area contributed by atoms with Crippen molar-refractivity contribution in [2.45, 2.75) is 32.7 Å². The van der Waals surface area contributed by atoms with Crippen molar-refractivity contribution in [2.24, 2.45) is 5.73 Å². The van der Waals surface area contributed by atoms with Gasteiger partial charge in [0, 0.05) is 6.04 Å². The van der Waals surface area contributed by atoms with Crippen LogP contribution in [0.3, 0.4) is 0 Å². The third-order valence-electron chi connectivity index (χ3n) is 3.88. The molecule has 0 aliphatic rings. The fourth-order valence-electron chi connectivity index (χ4n) is 2.38. The lowest BCUT2D eigenvalue weighted by Gasteiger charge is -2.15. The predicted octanol–water partition coefficient (Wildman–Crippen LogP) is 3.94. The van der Waals surface area contributed by atoms with Crippen molar-refractivity contribution in [3.05, 3.63) is 64.7 Å². The highest BCUT2D eigenvalue weighted by molar-refractivity contribution is 5.34. The molecule has 2 heteroatoms. The topological polar surface area (TPSA) is 35.2 Å². The fraction of sp³-hybridized carbons (Fsp3) is 0.333. The first-order chi connectivity index (χ1) is 9.61. The average Bonchev–Trinajstić information content (AvgIpc) is 2.47. The van der Waals surface area contributed by atoms with Crippen LogP contribution in [0.15, 0.2) is 42.5 Å². The van der Waals surface area contributed by atoms with Crippen molar-refractivity contribution < 1.29 is 4.74 Å². The Labute approximate surface area is 121 Å². The molecule has 0 aliphatic carbocycles. The van der Waals surface area contributed by atoms with Crippen molar-refractivity contribution in [1.29, 1.82) is 0 Å². The molecule has 20 heavy (non-hydrogen) atoms. The number of nitrogens with two attached hydrogens (primary N) is 1. The first kappa shape index (κ1) is 14.6. The third-order valence-corrected chi connectivity index (χ3v) is 3.88. The Morgan fingerprint density at radius 1 is 1.05 bits per heavy atom. The minimum atomic E-state index is 0.0687. The summed E-state index contributed by atoms with van der Waals surface area (Å²) in [6.45, 7) is 4.26. The molecule has 106 valence electrons. The van der Waals surface area contributed by atoms with E-state index >= 15 is 0 Å². The van der Waals surface area contributed by atoms with E-state index in [9.17, 15) is 0 Å². The summed E-state index contributed by atoms with van der Waals surface area (Å²) in [6.07, 6.45) is 1.85. The maximum Gasteiger partial charge on any atom is 0.122 e. The van der Waals surface area contributed by atoms with Gasteiger partial charge in [-0.1, -0.05) is 36.4 Å². The monoisotopic (exact) mass is 269 g/mol. The van der Waals surface area contributed by atoms with Crippen molar-refractivity contribution in [3.8, 4) is 5.75 Å². The maximum atomic E-state index is 6.31. The summed E-state index contributed by atoms with van der Waals surface area (Å²) in [7, 11) is 1.71. The van der Waals surface area contributed by atoms with Gasteiger partial charge in [0.15, 0.2) is 0 Å². The Kier molecular flexibility index (Phi) is 4.80. The molecular weight excluding hydrogens is 246 g/mol. The Bertz CT molecular complexity index is 577. The van der Waals surface area contributed by atoms with Gasteiger partial charge in [-0.05, 0) is 55.0 Å². The van der Waals surface area contributed by atoms with Gasteiger partial charge in [-0.25, -0.2) is 0 Å². The van der Waals surface area contributed by atoms with Gasteiger partial charge in [-0.3, -0.25) is 0 Å². The number of para-hydroxylation sites is 1. The molecule has 1 unspecified atom stereocenters. The van der Waals surface area contributed by atoms with E-state index in [1.807, 2.05) is 18.2 Å². The highest BCUT2D eigenvalue weighted by atomic mass is 16.5. The molecule has 0 saturated carbocycles. The molecule has 0 fully saturated rings. The van der Waals surface area contributed by atoms with Crippen LogP contribution in [0.2, 0.25) is 0 Å². The second-order valence-electron chi connectivity index (χ2n) is 5.30. The minimum Gasteiger partial charge on any atom is -0.496 e. The van der Waals surface area contributed by atoms with Crippen molar-refractivity contribution in [3.63, 3.8) is 0 Å². The zero-order valence-electron chi connectivity index (χ0n) is 12.5. The fourth-order valence-corrected chi connectivity index (χ4v) is 2.38. The Morgan fingerprint density at radius 2 is 1.80 bits per heavy atom. The lowest BCUT2D eigenvalue weighted by atomic mass is 9.96. The molecule has 0 spiro atoms. The number of hydrogen-bond acceptors (Lipinski definition) is 2. The van der Waals surface area contributed by atoms with Crippen LogP contribution in [0.1, 0.15) is 34.7 Å². The summed E-state index contributed by atoms with van der Waals surface area (Å²) in [5, 5.41) is 0. The summed E-state index contributed by atoms with van der Waals surface area (Å²) in [6, 6.07) is 14.7. The molecule has 2 N–H and O–H groups in total. The molecule has 0 heterocycles. The molecule has 2 aromatic carbocycles. The van der Waals surface area contributed by atoms with Crippen LogP contribution in [0.25, 0.3) is 0 Å². The molecule has 0 saturated heterocycles. The largest absolute Gasteiger partial charge is 0.496 e. The molecule has 2 aromatic rings. The van der Waals surface area contributed by atoms with Gasteiger partial charge in [0.05, 0.1) is 7.11 Å². The normalized spacial score (nSPS) is 12.2. The van der Waals surface area contributed by atoms with Crippen LogP contribution < -0.4 is 10.5 Å². The first-order valence-corrected chi connectivity index (χ1v) is 7.06. The molecule has 0 bridgehead atoms. The van der Waals surface area contributed by atoms with E-state index in [1.165, 1.54) is 22.3 Å². The van der Waals surface area contributed by atoms with Crippen LogP contribution in [0.4, 0.5) is 0 Å². The first-order valence-electron chi connectivity index (χ1n) is 7.06. The van der Waals surface area contributed by atoms with Crippen LogP contribution >= 0.6 is 0 Å². The molecule has 0 aliphatic heterocycles. The number of aryl methyl sites for hydroxylation is 3. The summed E-state index contributed by atoms with van der Waals surface area (Å²) < 4.78 is 5.38. The summed E-state index contributed by atoms with van der Waals surface area (Å²) in [4.78, 5) is 0. The lowest BCUT2D eigenvalue weighted by molar-refractivity contribution is 0.408. The van der Waals surface area contributed by atoms with E-state index in [0.29, 0.717) is 0 Å². The van der Waals surface area contributed by atoms with Gasteiger partial charge < -0.3 is 10.5 Å². The third kappa shape index (κ3) is 3.40. The Balaban J connectivity index is 2.04. The van der Waals surface area contributed by atoms with E-state index in [0.717, 1.165) is 18.6 Å².